The molecule has 0 saturated carbocycles. The Morgan fingerprint density at radius 2 is 1.87 bits per heavy atom. The van der Waals surface area contributed by atoms with E-state index in [1.165, 1.54) is 40.7 Å². The standard InChI is InChI=1S/C15H13FN2O4S/c16-13-4-1-11(2-5-13)10-23(21,22)17-8-7-12-3-6-14(18(19)20)9-15(12)17/h1-6,9H,7-8,10H2. The predicted octanol–water partition coefficient (Wildman–Crippen LogP) is 2.63. The van der Waals surface area contributed by atoms with Crippen molar-refractivity contribution in [1.29, 1.82) is 0 Å². The quantitative estimate of drug-likeness (QED) is 0.635. The molecule has 120 valence electrons. The van der Waals surface area contributed by atoms with Gasteiger partial charge >= 0.3 is 0 Å². The molecular formula is C15H13FN2O4S. The van der Waals surface area contributed by atoms with E-state index in [1.807, 2.05) is 0 Å². The van der Waals surface area contributed by atoms with Gasteiger partial charge in [0, 0.05) is 18.7 Å². The van der Waals surface area contributed by atoms with Gasteiger partial charge in [-0.15, -0.1) is 0 Å². The SMILES string of the molecule is O=[N+]([O-])c1ccc2c(c1)N(S(=O)(=O)Cc1ccc(F)cc1)CC2. The van der Waals surface area contributed by atoms with Gasteiger partial charge in [-0.2, -0.15) is 0 Å². The molecule has 0 N–H and O–H groups in total. The average molecular weight is 336 g/mol. The summed E-state index contributed by atoms with van der Waals surface area (Å²) in [5, 5.41) is 10.9. The molecule has 23 heavy (non-hydrogen) atoms. The van der Waals surface area contributed by atoms with Crippen LogP contribution in [0, 0.1) is 15.9 Å². The smallest absolute Gasteiger partial charge is 0.269 e. The van der Waals surface area contributed by atoms with Gasteiger partial charge in [0.25, 0.3) is 5.69 Å². The molecule has 3 rings (SSSR count). The number of benzene rings is 2. The van der Waals surface area contributed by atoms with Crippen molar-refractivity contribution in [2.45, 2.75) is 12.2 Å². The van der Waals surface area contributed by atoms with E-state index >= 15 is 0 Å². The third-order valence-corrected chi connectivity index (χ3v) is 5.48. The zero-order chi connectivity index (χ0) is 16.6. The lowest BCUT2D eigenvalue weighted by Crippen LogP contribution is -2.30. The predicted molar refractivity (Wildman–Crippen MR) is 83.2 cm³/mol. The number of sulfonamides is 1. The number of nitrogens with zero attached hydrogens (tertiary/aromatic N) is 2. The second kappa shape index (κ2) is 5.62. The first kappa shape index (κ1) is 15.4. The molecule has 0 spiro atoms. The first-order valence-electron chi connectivity index (χ1n) is 6.89. The Bertz CT molecular complexity index is 866. The van der Waals surface area contributed by atoms with Crippen LogP contribution in [-0.2, 0) is 22.2 Å². The highest BCUT2D eigenvalue weighted by Crippen LogP contribution is 2.34. The second-order valence-corrected chi connectivity index (χ2v) is 7.17. The van der Waals surface area contributed by atoms with Gasteiger partial charge < -0.3 is 0 Å². The molecule has 0 bridgehead atoms. The van der Waals surface area contributed by atoms with Crippen LogP contribution in [0.2, 0.25) is 0 Å². The third kappa shape index (κ3) is 3.02. The minimum Gasteiger partial charge on any atom is -0.269 e. The van der Waals surface area contributed by atoms with Gasteiger partial charge in [0.2, 0.25) is 10.0 Å². The number of anilines is 1. The van der Waals surface area contributed by atoms with Crippen molar-refractivity contribution in [3.05, 3.63) is 69.5 Å². The van der Waals surface area contributed by atoms with Crippen molar-refractivity contribution in [3.8, 4) is 0 Å². The highest BCUT2D eigenvalue weighted by atomic mass is 32.2. The summed E-state index contributed by atoms with van der Waals surface area (Å²) in [7, 11) is -3.69. The van der Waals surface area contributed by atoms with Crippen molar-refractivity contribution >= 4 is 21.4 Å². The minimum atomic E-state index is -3.69. The Morgan fingerprint density at radius 3 is 2.52 bits per heavy atom. The molecule has 0 aromatic heterocycles. The number of rotatable bonds is 4. The van der Waals surface area contributed by atoms with E-state index in [0.717, 1.165) is 5.56 Å². The fourth-order valence-electron chi connectivity index (χ4n) is 2.61. The molecule has 0 saturated heterocycles. The lowest BCUT2D eigenvalue weighted by atomic mass is 10.1. The first-order valence-corrected chi connectivity index (χ1v) is 8.50. The third-order valence-electron chi connectivity index (χ3n) is 3.73. The number of nitro groups is 1. The maximum Gasteiger partial charge on any atom is 0.271 e. The van der Waals surface area contributed by atoms with Crippen LogP contribution in [0.4, 0.5) is 15.8 Å². The van der Waals surface area contributed by atoms with Crippen LogP contribution >= 0.6 is 0 Å². The van der Waals surface area contributed by atoms with Gasteiger partial charge in [-0.25, -0.2) is 12.8 Å². The molecule has 0 atom stereocenters. The summed E-state index contributed by atoms with van der Waals surface area (Å²) in [6.07, 6.45) is 0.510. The second-order valence-electron chi connectivity index (χ2n) is 5.27. The normalized spacial score (nSPS) is 13.9. The van der Waals surface area contributed by atoms with Crippen LogP contribution in [0.1, 0.15) is 11.1 Å². The monoisotopic (exact) mass is 336 g/mol. The molecule has 1 aliphatic heterocycles. The Morgan fingerprint density at radius 1 is 1.17 bits per heavy atom. The number of fused-ring (bicyclic) bond motifs is 1. The molecule has 2 aromatic carbocycles. The maximum absolute atomic E-state index is 12.9. The highest BCUT2D eigenvalue weighted by Gasteiger charge is 2.31. The minimum absolute atomic E-state index is 0.146. The molecule has 0 fully saturated rings. The summed E-state index contributed by atoms with van der Waals surface area (Å²) < 4.78 is 39.3. The molecule has 0 aliphatic carbocycles. The van der Waals surface area contributed by atoms with Gasteiger partial charge in [-0.1, -0.05) is 18.2 Å². The topological polar surface area (TPSA) is 80.5 Å². The largest absolute Gasteiger partial charge is 0.271 e. The summed E-state index contributed by atoms with van der Waals surface area (Å²) >= 11 is 0. The van der Waals surface area contributed by atoms with E-state index in [0.29, 0.717) is 17.7 Å². The summed E-state index contributed by atoms with van der Waals surface area (Å²) in [5.74, 6) is -0.719. The highest BCUT2D eigenvalue weighted by molar-refractivity contribution is 7.92. The summed E-state index contributed by atoms with van der Waals surface area (Å²) in [6, 6.07) is 9.47. The maximum atomic E-state index is 12.9. The van der Waals surface area contributed by atoms with Crippen molar-refractivity contribution in [1.82, 2.24) is 0 Å². The lowest BCUT2D eigenvalue weighted by Gasteiger charge is -2.19. The molecule has 1 aliphatic rings. The number of nitro benzene ring substituents is 1. The van der Waals surface area contributed by atoms with Crippen LogP contribution in [0.15, 0.2) is 42.5 Å². The average Bonchev–Trinajstić information content (AvgIpc) is 2.93. The molecule has 0 amide bonds. The lowest BCUT2D eigenvalue weighted by molar-refractivity contribution is -0.384. The van der Waals surface area contributed by atoms with E-state index in [9.17, 15) is 22.9 Å². The first-order chi connectivity index (χ1) is 10.9. The Kier molecular flexibility index (Phi) is 3.77. The summed E-state index contributed by atoms with van der Waals surface area (Å²) in [5.41, 5.74) is 1.43. The Labute approximate surface area is 132 Å². The number of hydrogen-bond donors (Lipinski definition) is 0. The van der Waals surface area contributed by atoms with Crippen LogP contribution in [-0.4, -0.2) is 19.9 Å². The van der Waals surface area contributed by atoms with Gasteiger partial charge in [-0.05, 0) is 29.7 Å². The molecule has 0 radical (unpaired) electrons. The Balaban J connectivity index is 1.92. The molecule has 2 aromatic rings. The van der Waals surface area contributed by atoms with Crippen molar-refractivity contribution in [2.75, 3.05) is 10.8 Å². The van der Waals surface area contributed by atoms with Gasteiger partial charge in [-0.3, -0.25) is 14.4 Å². The molecular weight excluding hydrogens is 323 g/mol. The Hall–Kier alpha value is -2.48. The van der Waals surface area contributed by atoms with Crippen molar-refractivity contribution in [3.63, 3.8) is 0 Å². The van der Waals surface area contributed by atoms with E-state index in [1.54, 1.807) is 6.07 Å². The molecule has 8 heteroatoms. The molecule has 1 heterocycles. The summed E-state index contributed by atoms with van der Waals surface area (Å²) in [4.78, 5) is 10.3. The van der Waals surface area contributed by atoms with E-state index in [4.69, 9.17) is 0 Å². The van der Waals surface area contributed by atoms with Crippen LogP contribution in [0.3, 0.4) is 0 Å². The number of halogens is 1. The van der Waals surface area contributed by atoms with Crippen LogP contribution < -0.4 is 4.31 Å². The number of hydrogen-bond acceptors (Lipinski definition) is 4. The van der Waals surface area contributed by atoms with E-state index in [-0.39, 0.29) is 18.0 Å². The fourth-order valence-corrected chi connectivity index (χ4v) is 4.22. The van der Waals surface area contributed by atoms with E-state index < -0.39 is 20.8 Å². The van der Waals surface area contributed by atoms with Crippen LogP contribution in [0.5, 0.6) is 0 Å². The van der Waals surface area contributed by atoms with Crippen molar-refractivity contribution < 1.29 is 17.7 Å². The van der Waals surface area contributed by atoms with Crippen molar-refractivity contribution in [2.24, 2.45) is 0 Å². The van der Waals surface area contributed by atoms with Gasteiger partial charge in [0.05, 0.1) is 16.4 Å². The zero-order valence-corrected chi connectivity index (χ0v) is 12.8. The molecule has 6 nitrogen and oxygen atoms in total. The van der Waals surface area contributed by atoms with E-state index in [2.05, 4.69) is 0 Å². The fraction of sp³-hybridized carbons (Fsp3) is 0.200. The summed E-state index contributed by atoms with van der Waals surface area (Å²) in [6.45, 7) is 0.250. The van der Waals surface area contributed by atoms with Crippen LogP contribution in [0.25, 0.3) is 0 Å². The molecule has 0 unspecified atom stereocenters. The zero-order valence-electron chi connectivity index (χ0n) is 12.0. The number of non-ortho nitro benzene ring substituents is 1. The van der Waals surface area contributed by atoms with Gasteiger partial charge in [0.15, 0.2) is 0 Å². The van der Waals surface area contributed by atoms with Gasteiger partial charge in [0.1, 0.15) is 5.82 Å².